The summed E-state index contributed by atoms with van der Waals surface area (Å²) in [6, 6.07) is 12.8. The van der Waals surface area contributed by atoms with Gasteiger partial charge in [0.1, 0.15) is 5.75 Å². The molecule has 0 radical (unpaired) electrons. The highest BCUT2D eigenvalue weighted by Gasteiger charge is 2.05. The van der Waals surface area contributed by atoms with Crippen LogP contribution in [0.1, 0.15) is 31.2 Å². The van der Waals surface area contributed by atoms with Crippen molar-refractivity contribution in [3.8, 4) is 5.75 Å². The molecule has 108 valence electrons. The van der Waals surface area contributed by atoms with Gasteiger partial charge in [-0.25, -0.2) is 0 Å². The molecule has 2 aromatic carbocycles. The third-order valence-corrected chi connectivity index (χ3v) is 3.82. The monoisotopic (exact) mass is 271 g/mol. The Balaban J connectivity index is 2.00. The summed E-state index contributed by atoms with van der Waals surface area (Å²) in [7, 11) is 3.76. The maximum atomic E-state index is 5.45. The largest absolute Gasteiger partial charge is 0.496 e. The Hall–Kier alpha value is -1.54. The van der Waals surface area contributed by atoms with Crippen LogP contribution in [-0.4, -0.2) is 20.7 Å². The van der Waals surface area contributed by atoms with Gasteiger partial charge in [-0.1, -0.05) is 43.2 Å². The summed E-state index contributed by atoms with van der Waals surface area (Å²) in [4.78, 5) is 0. The molecule has 0 spiro atoms. The van der Waals surface area contributed by atoms with Crippen LogP contribution in [0.4, 0.5) is 0 Å². The van der Waals surface area contributed by atoms with Crippen LogP contribution in [-0.2, 0) is 6.42 Å². The molecule has 20 heavy (non-hydrogen) atoms. The Labute approximate surface area is 122 Å². The summed E-state index contributed by atoms with van der Waals surface area (Å²) in [5, 5.41) is 5.76. The van der Waals surface area contributed by atoms with Crippen LogP contribution in [0.15, 0.2) is 36.4 Å². The molecule has 0 saturated heterocycles. The van der Waals surface area contributed by atoms with Crippen molar-refractivity contribution in [2.24, 2.45) is 0 Å². The minimum Gasteiger partial charge on any atom is -0.496 e. The summed E-state index contributed by atoms with van der Waals surface area (Å²) in [5.74, 6) is 0.971. The van der Waals surface area contributed by atoms with Crippen molar-refractivity contribution in [1.29, 1.82) is 0 Å². The zero-order valence-electron chi connectivity index (χ0n) is 12.6. The van der Waals surface area contributed by atoms with Gasteiger partial charge in [-0.3, -0.25) is 0 Å². The molecule has 1 N–H and O–H groups in total. The van der Waals surface area contributed by atoms with E-state index >= 15 is 0 Å². The van der Waals surface area contributed by atoms with Crippen molar-refractivity contribution in [3.63, 3.8) is 0 Å². The number of aryl methyl sites for hydroxylation is 1. The lowest BCUT2D eigenvalue weighted by Crippen LogP contribution is -2.06. The quantitative estimate of drug-likeness (QED) is 0.728. The minimum absolute atomic E-state index is 0.971. The second-order valence-electron chi connectivity index (χ2n) is 5.24. The second kappa shape index (κ2) is 7.91. The Morgan fingerprint density at radius 2 is 1.65 bits per heavy atom. The van der Waals surface area contributed by atoms with Crippen molar-refractivity contribution >= 4 is 10.8 Å². The number of nitrogens with one attached hydrogen (secondary N) is 1. The maximum Gasteiger partial charge on any atom is 0.126 e. The van der Waals surface area contributed by atoms with E-state index in [9.17, 15) is 0 Å². The third kappa shape index (κ3) is 3.73. The maximum absolute atomic E-state index is 5.45. The number of ether oxygens (including phenoxy) is 1. The molecular weight excluding hydrogens is 246 g/mol. The zero-order chi connectivity index (χ0) is 14.2. The molecule has 2 aromatic rings. The third-order valence-electron chi connectivity index (χ3n) is 3.82. The van der Waals surface area contributed by atoms with Crippen LogP contribution >= 0.6 is 0 Å². The zero-order valence-corrected chi connectivity index (χ0v) is 12.6. The molecule has 0 unspecified atom stereocenters. The SMILES string of the molecule is CNCCCCCCc1ccc(OC)c2ccccc12. The molecule has 0 fully saturated rings. The van der Waals surface area contributed by atoms with Crippen molar-refractivity contribution in [2.75, 3.05) is 20.7 Å². The van der Waals surface area contributed by atoms with Crippen LogP contribution in [0.3, 0.4) is 0 Å². The van der Waals surface area contributed by atoms with Gasteiger partial charge in [0.15, 0.2) is 0 Å². The molecule has 0 atom stereocenters. The molecule has 0 aliphatic carbocycles. The number of hydrogen-bond acceptors (Lipinski definition) is 2. The van der Waals surface area contributed by atoms with Crippen molar-refractivity contribution in [3.05, 3.63) is 42.0 Å². The molecule has 0 aromatic heterocycles. The Kier molecular flexibility index (Phi) is 5.87. The topological polar surface area (TPSA) is 21.3 Å². The highest BCUT2D eigenvalue weighted by Crippen LogP contribution is 2.29. The summed E-state index contributed by atoms with van der Waals surface area (Å²) < 4.78 is 5.45. The molecule has 2 heteroatoms. The van der Waals surface area contributed by atoms with E-state index in [1.54, 1.807) is 7.11 Å². The van der Waals surface area contributed by atoms with Crippen LogP contribution < -0.4 is 10.1 Å². The number of fused-ring (bicyclic) bond motifs is 1. The fraction of sp³-hybridized carbons (Fsp3) is 0.444. The van der Waals surface area contributed by atoms with Gasteiger partial charge in [-0.2, -0.15) is 0 Å². The minimum atomic E-state index is 0.971. The van der Waals surface area contributed by atoms with Crippen LogP contribution in [0.5, 0.6) is 5.75 Å². The number of hydrogen-bond donors (Lipinski definition) is 1. The van der Waals surface area contributed by atoms with Crippen LogP contribution in [0.2, 0.25) is 0 Å². The Morgan fingerprint density at radius 3 is 2.40 bits per heavy atom. The summed E-state index contributed by atoms with van der Waals surface area (Å²) in [5.41, 5.74) is 1.44. The van der Waals surface area contributed by atoms with Gasteiger partial charge in [-0.05, 0) is 49.9 Å². The van der Waals surface area contributed by atoms with Gasteiger partial charge in [0.25, 0.3) is 0 Å². The lowest BCUT2D eigenvalue weighted by molar-refractivity contribution is 0.419. The fourth-order valence-corrected chi connectivity index (χ4v) is 2.70. The van der Waals surface area contributed by atoms with Gasteiger partial charge in [0.05, 0.1) is 7.11 Å². The fourth-order valence-electron chi connectivity index (χ4n) is 2.70. The first kappa shape index (κ1) is 14.9. The lowest BCUT2D eigenvalue weighted by atomic mass is 9.99. The number of methoxy groups -OCH3 is 1. The number of benzene rings is 2. The first-order valence-corrected chi connectivity index (χ1v) is 7.56. The average molecular weight is 271 g/mol. The normalized spacial score (nSPS) is 10.9. The molecule has 2 nitrogen and oxygen atoms in total. The smallest absolute Gasteiger partial charge is 0.126 e. The number of rotatable bonds is 8. The second-order valence-corrected chi connectivity index (χ2v) is 5.24. The summed E-state index contributed by atoms with van der Waals surface area (Å²) in [6.07, 6.45) is 6.32. The van der Waals surface area contributed by atoms with E-state index < -0.39 is 0 Å². The van der Waals surface area contributed by atoms with Crippen molar-refractivity contribution in [2.45, 2.75) is 32.1 Å². The van der Waals surface area contributed by atoms with E-state index in [4.69, 9.17) is 4.74 Å². The van der Waals surface area contributed by atoms with Gasteiger partial charge in [-0.15, -0.1) is 0 Å². The van der Waals surface area contributed by atoms with Gasteiger partial charge in [0.2, 0.25) is 0 Å². The Morgan fingerprint density at radius 1 is 0.900 bits per heavy atom. The molecular formula is C18H25NO. The highest BCUT2D eigenvalue weighted by molar-refractivity contribution is 5.91. The van der Waals surface area contributed by atoms with Gasteiger partial charge < -0.3 is 10.1 Å². The first-order valence-electron chi connectivity index (χ1n) is 7.56. The molecule has 0 bridgehead atoms. The van der Waals surface area contributed by atoms with Gasteiger partial charge >= 0.3 is 0 Å². The molecule has 2 rings (SSSR count). The van der Waals surface area contributed by atoms with E-state index in [0.29, 0.717) is 0 Å². The molecule has 0 amide bonds. The standard InChI is InChI=1S/C18H25NO/c1-19-14-8-4-3-5-9-15-12-13-18(20-2)17-11-7-6-10-16(15)17/h6-7,10-13,19H,3-5,8-9,14H2,1-2H3. The van der Waals surface area contributed by atoms with Crippen molar-refractivity contribution < 1.29 is 4.74 Å². The first-order chi connectivity index (χ1) is 9.86. The van der Waals surface area contributed by atoms with Crippen LogP contribution in [0.25, 0.3) is 10.8 Å². The molecule has 0 saturated carbocycles. The van der Waals surface area contributed by atoms with E-state index in [2.05, 4.69) is 41.7 Å². The average Bonchev–Trinajstić information content (AvgIpc) is 2.50. The molecule has 0 heterocycles. The van der Waals surface area contributed by atoms with E-state index in [1.807, 2.05) is 7.05 Å². The molecule has 0 aliphatic rings. The van der Waals surface area contributed by atoms with Crippen molar-refractivity contribution in [1.82, 2.24) is 5.32 Å². The Bertz CT molecular complexity index is 536. The lowest BCUT2D eigenvalue weighted by Gasteiger charge is -2.10. The predicted molar refractivity (Wildman–Crippen MR) is 86.6 cm³/mol. The highest BCUT2D eigenvalue weighted by atomic mass is 16.5. The summed E-state index contributed by atoms with van der Waals surface area (Å²) >= 11 is 0. The molecule has 0 aliphatic heterocycles. The predicted octanol–water partition coefficient (Wildman–Crippen LogP) is 4.17. The van der Waals surface area contributed by atoms with E-state index in [1.165, 1.54) is 42.0 Å². The summed E-state index contributed by atoms with van der Waals surface area (Å²) in [6.45, 7) is 1.13. The van der Waals surface area contributed by atoms with Crippen LogP contribution in [0, 0.1) is 0 Å². The number of unbranched alkanes of at least 4 members (excludes halogenated alkanes) is 3. The van der Waals surface area contributed by atoms with E-state index in [0.717, 1.165) is 18.7 Å². The van der Waals surface area contributed by atoms with E-state index in [-0.39, 0.29) is 0 Å². The van der Waals surface area contributed by atoms with Gasteiger partial charge in [0, 0.05) is 5.39 Å².